The third-order valence-corrected chi connectivity index (χ3v) is 4.03. The highest BCUT2D eigenvalue weighted by atomic mass is 19.1. The van der Waals surface area contributed by atoms with Crippen LogP contribution in [0.4, 0.5) is 14.9 Å². The zero-order valence-electron chi connectivity index (χ0n) is 15.1. The summed E-state index contributed by atoms with van der Waals surface area (Å²) < 4.78 is 18.4. The molecule has 4 amide bonds. The van der Waals surface area contributed by atoms with E-state index in [1.54, 1.807) is 6.92 Å². The summed E-state index contributed by atoms with van der Waals surface area (Å²) in [7, 11) is 0. The van der Waals surface area contributed by atoms with Crippen LogP contribution in [0.25, 0.3) is 6.08 Å². The number of carboxylic acids is 1. The standard InChI is InChI=1S/C20H15FN2O6/c1-2-29-16-8-3-11(9-14(16)19(26)27)10-15-17(24)22-20(28)23(18(15)25)13-6-4-12(21)5-7-13/h3-10H,2H2,1H3,(H,26,27)(H,22,24,28)/b15-10+. The number of halogens is 1. The lowest BCUT2D eigenvalue weighted by Gasteiger charge is -2.26. The third kappa shape index (κ3) is 3.98. The molecule has 2 N–H and O–H groups in total. The number of urea groups is 1. The van der Waals surface area contributed by atoms with E-state index in [-0.39, 0.29) is 34.7 Å². The van der Waals surface area contributed by atoms with Gasteiger partial charge in [0.05, 0.1) is 12.3 Å². The Morgan fingerprint density at radius 3 is 2.48 bits per heavy atom. The second-order valence-electron chi connectivity index (χ2n) is 5.93. The summed E-state index contributed by atoms with van der Waals surface area (Å²) in [6.45, 7) is 1.96. The van der Waals surface area contributed by atoms with Crippen molar-refractivity contribution in [3.63, 3.8) is 0 Å². The quantitative estimate of drug-likeness (QED) is 0.591. The molecule has 0 bridgehead atoms. The highest BCUT2D eigenvalue weighted by molar-refractivity contribution is 6.39. The van der Waals surface area contributed by atoms with Gasteiger partial charge in [0, 0.05) is 0 Å². The van der Waals surface area contributed by atoms with Gasteiger partial charge in [-0.2, -0.15) is 0 Å². The lowest BCUT2D eigenvalue weighted by Crippen LogP contribution is -2.54. The maximum Gasteiger partial charge on any atom is 0.339 e. The first-order chi connectivity index (χ1) is 13.8. The van der Waals surface area contributed by atoms with Gasteiger partial charge in [0.1, 0.15) is 22.7 Å². The maximum atomic E-state index is 13.1. The third-order valence-electron chi connectivity index (χ3n) is 4.03. The molecule has 0 unspecified atom stereocenters. The second-order valence-corrected chi connectivity index (χ2v) is 5.93. The number of carboxylic acid groups (broad SMARTS) is 1. The van der Waals surface area contributed by atoms with Gasteiger partial charge in [0.15, 0.2) is 0 Å². The number of aromatic carboxylic acids is 1. The molecule has 1 aliphatic heterocycles. The summed E-state index contributed by atoms with van der Waals surface area (Å²) in [6, 6.07) is 7.75. The van der Waals surface area contributed by atoms with E-state index in [2.05, 4.69) is 0 Å². The number of benzene rings is 2. The van der Waals surface area contributed by atoms with Gasteiger partial charge < -0.3 is 9.84 Å². The first-order valence-corrected chi connectivity index (χ1v) is 8.49. The topological polar surface area (TPSA) is 113 Å². The molecule has 9 heteroatoms. The Bertz CT molecular complexity index is 1050. The van der Waals surface area contributed by atoms with Crippen LogP contribution < -0.4 is 15.0 Å². The smallest absolute Gasteiger partial charge is 0.339 e. The first-order valence-electron chi connectivity index (χ1n) is 8.49. The van der Waals surface area contributed by atoms with Crippen LogP contribution in [-0.4, -0.2) is 35.5 Å². The molecule has 0 saturated carbocycles. The fraction of sp³-hybridized carbons (Fsp3) is 0.100. The van der Waals surface area contributed by atoms with Crippen molar-refractivity contribution in [1.29, 1.82) is 0 Å². The van der Waals surface area contributed by atoms with Crippen molar-refractivity contribution in [3.8, 4) is 5.75 Å². The van der Waals surface area contributed by atoms with Crippen LogP contribution in [0.15, 0.2) is 48.0 Å². The van der Waals surface area contributed by atoms with Crippen LogP contribution in [-0.2, 0) is 9.59 Å². The molecule has 2 aromatic rings. The Kier molecular flexibility index (Phi) is 5.40. The lowest BCUT2D eigenvalue weighted by molar-refractivity contribution is -0.122. The highest BCUT2D eigenvalue weighted by Gasteiger charge is 2.36. The largest absolute Gasteiger partial charge is 0.493 e. The fourth-order valence-corrected chi connectivity index (χ4v) is 2.73. The Morgan fingerprint density at radius 2 is 1.86 bits per heavy atom. The van der Waals surface area contributed by atoms with Crippen molar-refractivity contribution in [2.45, 2.75) is 6.92 Å². The molecular weight excluding hydrogens is 383 g/mol. The van der Waals surface area contributed by atoms with Crippen molar-refractivity contribution in [3.05, 3.63) is 65.0 Å². The number of barbiturate groups is 1. The first kappa shape index (κ1) is 19.7. The molecule has 0 spiro atoms. The van der Waals surface area contributed by atoms with E-state index in [9.17, 15) is 28.7 Å². The molecule has 3 rings (SSSR count). The van der Waals surface area contributed by atoms with Crippen molar-refractivity contribution in [1.82, 2.24) is 5.32 Å². The fourth-order valence-electron chi connectivity index (χ4n) is 2.73. The van der Waals surface area contributed by atoms with Crippen molar-refractivity contribution < 1.29 is 33.4 Å². The van der Waals surface area contributed by atoms with Crippen LogP contribution in [0.5, 0.6) is 5.75 Å². The molecule has 148 valence electrons. The van der Waals surface area contributed by atoms with E-state index in [1.807, 2.05) is 5.32 Å². The van der Waals surface area contributed by atoms with Gasteiger partial charge >= 0.3 is 12.0 Å². The minimum absolute atomic E-state index is 0.0743. The van der Waals surface area contributed by atoms with Crippen molar-refractivity contribution in [2.75, 3.05) is 11.5 Å². The molecule has 1 aliphatic rings. The van der Waals surface area contributed by atoms with Crippen molar-refractivity contribution >= 4 is 35.6 Å². The van der Waals surface area contributed by atoms with Crippen LogP contribution in [0.3, 0.4) is 0 Å². The van der Waals surface area contributed by atoms with E-state index >= 15 is 0 Å². The minimum Gasteiger partial charge on any atom is -0.493 e. The summed E-state index contributed by atoms with van der Waals surface area (Å²) in [5, 5.41) is 11.4. The Labute approximate surface area is 164 Å². The highest BCUT2D eigenvalue weighted by Crippen LogP contribution is 2.25. The van der Waals surface area contributed by atoms with Gasteiger partial charge in [-0.25, -0.2) is 18.9 Å². The van der Waals surface area contributed by atoms with Gasteiger partial charge in [-0.3, -0.25) is 14.9 Å². The number of nitrogens with zero attached hydrogens (tertiary/aromatic N) is 1. The number of nitrogens with one attached hydrogen (secondary N) is 1. The molecule has 8 nitrogen and oxygen atoms in total. The van der Waals surface area contributed by atoms with Gasteiger partial charge in [-0.1, -0.05) is 6.07 Å². The average Bonchev–Trinajstić information content (AvgIpc) is 2.67. The molecular formula is C20H15FN2O6. The van der Waals surface area contributed by atoms with Crippen LogP contribution in [0.2, 0.25) is 0 Å². The number of carbonyl (C=O) groups excluding carboxylic acids is 3. The predicted molar refractivity (Wildman–Crippen MR) is 100.0 cm³/mol. The van der Waals surface area contributed by atoms with Gasteiger partial charge in [-0.15, -0.1) is 0 Å². The number of amides is 4. The Morgan fingerprint density at radius 1 is 1.17 bits per heavy atom. The van der Waals surface area contributed by atoms with Crippen molar-refractivity contribution in [2.24, 2.45) is 0 Å². The number of carbonyl (C=O) groups is 4. The summed E-state index contributed by atoms with van der Waals surface area (Å²) in [5.41, 5.74) is -0.200. The SMILES string of the molecule is CCOc1ccc(/C=C2\C(=O)NC(=O)N(c3ccc(F)cc3)C2=O)cc1C(=O)O. The molecule has 2 aromatic carbocycles. The number of hydrogen-bond donors (Lipinski definition) is 2. The lowest BCUT2D eigenvalue weighted by atomic mass is 10.0. The molecule has 1 saturated heterocycles. The van der Waals surface area contributed by atoms with E-state index in [4.69, 9.17) is 4.74 Å². The maximum absolute atomic E-state index is 13.1. The average molecular weight is 398 g/mol. The summed E-state index contributed by atoms with van der Waals surface area (Å²) in [6.07, 6.45) is 1.17. The zero-order chi connectivity index (χ0) is 21.1. The number of imide groups is 2. The number of hydrogen-bond acceptors (Lipinski definition) is 5. The molecule has 0 atom stereocenters. The number of ether oxygens (including phenoxy) is 1. The van der Waals surface area contributed by atoms with E-state index in [0.717, 1.165) is 12.1 Å². The number of rotatable bonds is 5. The molecule has 0 aliphatic carbocycles. The summed E-state index contributed by atoms with van der Waals surface area (Å²) in [4.78, 5) is 49.2. The van der Waals surface area contributed by atoms with Crippen LogP contribution in [0.1, 0.15) is 22.8 Å². The van der Waals surface area contributed by atoms with E-state index in [1.165, 1.54) is 36.4 Å². The summed E-state index contributed by atoms with van der Waals surface area (Å²) >= 11 is 0. The predicted octanol–water partition coefficient (Wildman–Crippen LogP) is 2.59. The number of anilines is 1. The van der Waals surface area contributed by atoms with Crippen LogP contribution in [0, 0.1) is 5.82 Å². The Balaban J connectivity index is 2.01. The van der Waals surface area contributed by atoms with Crippen LogP contribution >= 0.6 is 0 Å². The van der Waals surface area contributed by atoms with Gasteiger partial charge in [-0.05, 0) is 55.0 Å². The van der Waals surface area contributed by atoms with Gasteiger partial charge in [0.25, 0.3) is 11.8 Å². The molecule has 0 radical (unpaired) electrons. The second kappa shape index (κ2) is 7.93. The minimum atomic E-state index is -1.24. The monoisotopic (exact) mass is 398 g/mol. The Hall–Kier alpha value is -4.01. The normalized spacial score (nSPS) is 15.4. The summed E-state index contributed by atoms with van der Waals surface area (Å²) in [5.74, 6) is -3.50. The van der Waals surface area contributed by atoms with E-state index < -0.39 is 29.6 Å². The molecule has 0 aromatic heterocycles. The molecule has 29 heavy (non-hydrogen) atoms. The molecule has 1 heterocycles. The van der Waals surface area contributed by atoms with Gasteiger partial charge in [0.2, 0.25) is 0 Å². The zero-order valence-corrected chi connectivity index (χ0v) is 15.1. The molecule has 1 fully saturated rings. The van der Waals surface area contributed by atoms with E-state index in [0.29, 0.717) is 4.90 Å².